The third-order valence-electron chi connectivity index (χ3n) is 3.17. The summed E-state index contributed by atoms with van der Waals surface area (Å²) in [6.07, 6.45) is 1.85. The first-order chi connectivity index (χ1) is 8.90. The van der Waals surface area contributed by atoms with Crippen LogP contribution in [0.3, 0.4) is 0 Å². The minimum absolute atomic E-state index is 0.529. The Labute approximate surface area is 106 Å². The first-order valence-corrected chi connectivity index (χ1v) is 6.02. The van der Waals surface area contributed by atoms with Crippen molar-refractivity contribution in [2.75, 3.05) is 0 Å². The summed E-state index contributed by atoms with van der Waals surface area (Å²) < 4.78 is 0. The summed E-state index contributed by atoms with van der Waals surface area (Å²) in [6, 6.07) is 18.5. The zero-order valence-corrected chi connectivity index (χ0v) is 10.0. The third kappa shape index (κ3) is 1.77. The smallest absolute Gasteiger partial charge is 0.0783 e. The predicted octanol–water partition coefficient (Wildman–Crippen LogP) is 3.36. The highest BCUT2D eigenvalue weighted by Crippen LogP contribution is 2.28. The molecule has 0 radical (unpaired) electrons. The van der Waals surface area contributed by atoms with E-state index in [4.69, 9.17) is 5.73 Å². The molecule has 0 aliphatic carbocycles. The minimum Gasteiger partial charge on any atom is -0.326 e. The molecule has 0 fully saturated rings. The SMILES string of the molecule is NCc1ccccc1-c1nccc2ccccc12. The van der Waals surface area contributed by atoms with Gasteiger partial charge in [-0.1, -0.05) is 48.5 Å². The van der Waals surface area contributed by atoms with E-state index in [1.807, 2.05) is 36.5 Å². The molecule has 3 aromatic rings. The highest BCUT2D eigenvalue weighted by Gasteiger charge is 2.07. The van der Waals surface area contributed by atoms with Crippen LogP contribution >= 0.6 is 0 Å². The summed E-state index contributed by atoms with van der Waals surface area (Å²) in [7, 11) is 0. The van der Waals surface area contributed by atoms with E-state index >= 15 is 0 Å². The Morgan fingerprint density at radius 2 is 1.67 bits per heavy atom. The summed E-state index contributed by atoms with van der Waals surface area (Å²) in [5, 5.41) is 2.37. The Balaban J connectivity index is 2.32. The van der Waals surface area contributed by atoms with E-state index in [0.717, 1.165) is 16.8 Å². The maximum absolute atomic E-state index is 5.80. The van der Waals surface area contributed by atoms with Crippen molar-refractivity contribution in [1.29, 1.82) is 0 Å². The van der Waals surface area contributed by atoms with Gasteiger partial charge in [-0.3, -0.25) is 4.98 Å². The molecule has 3 rings (SSSR count). The van der Waals surface area contributed by atoms with Crippen LogP contribution < -0.4 is 5.73 Å². The first kappa shape index (κ1) is 10.9. The average Bonchev–Trinajstić information content (AvgIpc) is 2.46. The lowest BCUT2D eigenvalue weighted by molar-refractivity contribution is 1.07. The second kappa shape index (κ2) is 4.59. The normalized spacial score (nSPS) is 10.7. The molecule has 18 heavy (non-hydrogen) atoms. The molecule has 88 valence electrons. The lowest BCUT2D eigenvalue weighted by Crippen LogP contribution is -1.99. The fourth-order valence-corrected chi connectivity index (χ4v) is 2.26. The number of nitrogens with zero attached hydrogens (tertiary/aromatic N) is 1. The zero-order chi connectivity index (χ0) is 12.4. The van der Waals surface area contributed by atoms with Crippen LogP contribution in [0.4, 0.5) is 0 Å². The predicted molar refractivity (Wildman–Crippen MR) is 75.1 cm³/mol. The van der Waals surface area contributed by atoms with E-state index in [1.165, 1.54) is 10.8 Å². The fraction of sp³-hybridized carbons (Fsp3) is 0.0625. The molecule has 0 spiro atoms. The average molecular weight is 234 g/mol. The van der Waals surface area contributed by atoms with Gasteiger partial charge >= 0.3 is 0 Å². The molecule has 2 heteroatoms. The van der Waals surface area contributed by atoms with Crippen LogP contribution in [-0.4, -0.2) is 4.98 Å². The van der Waals surface area contributed by atoms with Gasteiger partial charge in [-0.15, -0.1) is 0 Å². The van der Waals surface area contributed by atoms with E-state index in [0.29, 0.717) is 6.54 Å². The topological polar surface area (TPSA) is 38.9 Å². The van der Waals surface area contributed by atoms with Gasteiger partial charge in [0.25, 0.3) is 0 Å². The van der Waals surface area contributed by atoms with Crippen LogP contribution in [0.25, 0.3) is 22.0 Å². The van der Waals surface area contributed by atoms with Crippen LogP contribution in [0.2, 0.25) is 0 Å². The van der Waals surface area contributed by atoms with Crippen molar-refractivity contribution in [3.8, 4) is 11.3 Å². The molecule has 0 saturated heterocycles. The molecule has 1 aromatic heterocycles. The van der Waals surface area contributed by atoms with E-state index in [-0.39, 0.29) is 0 Å². The van der Waals surface area contributed by atoms with Gasteiger partial charge in [-0.2, -0.15) is 0 Å². The van der Waals surface area contributed by atoms with Crippen molar-refractivity contribution < 1.29 is 0 Å². The van der Waals surface area contributed by atoms with Gasteiger partial charge < -0.3 is 5.73 Å². The molecule has 1 heterocycles. The van der Waals surface area contributed by atoms with Crippen LogP contribution in [0.15, 0.2) is 60.8 Å². The van der Waals surface area contributed by atoms with Gasteiger partial charge in [0.15, 0.2) is 0 Å². The number of benzene rings is 2. The van der Waals surface area contributed by atoms with Crippen molar-refractivity contribution in [2.45, 2.75) is 6.54 Å². The van der Waals surface area contributed by atoms with Gasteiger partial charge in [0, 0.05) is 23.7 Å². The maximum atomic E-state index is 5.80. The molecule has 0 aliphatic rings. The Hall–Kier alpha value is -2.19. The number of rotatable bonds is 2. The largest absolute Gasteiger partial charge is 0.326 e. The molecule has 0 atom stereocenters. The molecular weight excluding hydrogens is 220 g/mol. The van der Waals surface area contributed by atoms with Crippen molar-refractivity contribution in [3.05, 3.63) is 66.4 Å². The highest BCUT2D eigenvalue weighted by molar-refractivity contribution is 5.95. The Morgan fingerprint density at radius 1 is 0.889 bits per heavy atom. The number of nitrogens with two attached hydrogens (primary N) is 1. The third-order valence-corrected chi connectivity index (χ3v) is 3.17. The Bertz CT molecular complexity index is 684. The zero-order valence-electron chi connectivity index (χ0n) is 10.0. The lowest BCUT2D eigenvalue weighted by Gasteiger charge is -2.09. The maximum Gasteiger partial charge on any atom is 0.0783 e. The molecule has 0 bridgehead atoms. The van der Waals surface area contributed by atoms with Crippen LogP contribution in [0.1, 0.15) is 5.56 Å². The fourth-order valence-electron chi connectivity index (χ4n) is 2.26. The second-order valence-corrected chi connectivity index (χ2v) is 4.24. The monoisotopic (exact) mass is 234 g/mol. The summed E-state index contributed by atoms with van der Waals surface area (Å²) in [5.74, 6) is 0. The van der Waals surface area contributed by atoms with Gasteiger partial charge in [0.05, 0.1) is 5.69 Å². The molecule has 2 nitrogen and oxygen atoms in total. The Morgan fingerprint density at radius 3 is 2.56 bits per heavy atom. The molecule has 0 unspecified atom stereocenters. The first-order valence-electron chi connectivity index (χ1n) is 6.02. The van der Waals surface area contributed by atoms with E-state index < -0.39 is 0 Å². The number of hydrogen-bond donors (Lipinski definition) is 1. The van der Waals surface area contributed by atoms with E-state index in [9.17, 15) is 0 Å². The summed E-state index contributed by atoms with van der Waals surface area (Å²) in [5.41, 5.74) is 9.06. The van der Waals surface area contributed by atoms with Crippen LogP contribution in [0.5, 0.6) is 0 Å². The Kier molecular flexibility index (Phi) is 2.79. The number of hydrogen-bond acceptors (Lipinski definition) is 2. The summed E-state index contributed by atoms with van der Waals surface area (Å²) in [6.45, 7) is 0.529. The van der Waals surface area contributed by atoms with Gasteiger partial charge in [0.2, 0.25) is 0 Å². The lowest BCUT2D eigenvalue weighted by atomic mass is 9.99. The van der Waals surface area contributed by atoms with E-state index in [2.05, 4.69) is 29.2 Å². The second-order valence-electron chi connectivity index (χ2n) is 4.24. The van der Waals surface area contributed by atoms with Crippen molar-refractivity contribution >= 4 is 10.8 Å². The molecule has 0 amide bonds. The summed E-state index contributed by atoms with van der Waals surface area (Å²) in [4.78, 5) is 4.53. The highest BCUT2D eigenvalue weighted by atomic mass is 14.7. The summed E-state index contributed by atoms with van der Waals surface area (Å²) >= 11 is 0. The van der Waals surface area contributed by atoms with Crippen LogP contribution in [0, 0.1) is 0 Å². The molecule has 0 saturated carbocycles. The van der Waals surface area contributed by atoms with Gasteiger partial charge in [-0.05, 0) is 17.0 Å². The van der Waals surface area contributed by atoms with Gasteiger partial charge in [0.1, 0.15) is 0 Å². The number of aromatic nitrogens is 1. The van der Waals surface area contributed by atoms with Crippen molar-refractivity contribution in [1.82, 2.24) is 4.98 Å². The van der Waals surface area contributed by atoms with Gasteiger partial charge in [-0.25, -0.2) is 0 Å². The van der Waals surface area contributed by atoms with E-state index in [1.54, 1.807) is 0 Å². The molecular formula is C16H14N2. The minimum atomic E-state index is 0.529. The number of pyridine rings is 1. The quantitative estimate of drug-likeness (QED) is 0.738. The van der Waals surface area contributed by atoms with Crippen molar-refractivity contribution in [3.63, 3.8) is 0 Å². The van der Waals surface area contributed by atoms with Crippen molar-refractivity contribution in [2.24, 2.45) is 5.73 Å². The molecule has 0 aliphatic heterocycles. The molecule has 2 N–H and O–H groups in total. The molecule has 2 aromatic carbocycles. The number of fused-ring (bicyclic) bond motifs is 1. The standard InChI is InChI=1S/C16H14N2/c17-11-13-6-2-4-8-15(13)16-14-7-3-1-5-12(14)9-10-18-16/h1-10H,11,17H2. The van der Waals surface area contributed by atoms with Crippen LogP contribution in [-0.2, 0) is 6.54 Å².